The molecule has 1 aromatic heterocycles. The van der Waals surface area contributed by atoms with E-state index in [0.717, 1.165) is 62.6 Å². The number of rotatable bonds is 4. The largest absolute Gasteiger partial charge is 0.381 e. The van der Waals surface area contributed by atoms with Crippen LogP contribution < -0.4 is 16.0 Å². The third kappa shape index (κ3) is 4.71. The van der Waals surface area contributed by atoms with Crippen LogP contribution in [0.15, 0.2) is 23.6 Å². The van der Waals surface area contributed by atoms with Crippen molar-refractivity contribution in [2.24, 2.45) is 0 Å². The molecule has 1 atom stereocenters. The number of ether oxygens (including phenoxy) is 1. The van der Waals surface area contributed by atoms with Gasteiger partial charge in [-0.3, -0.25) is 5.32 Å². The number of carbonyl (C=O) groups excluding carboxylic acids is 1. The van der Waals surface area contributed by atoms with Crippen LogP contribution in [-0.4, -0.2) is 43.4 Å². The summed E-state index contributed by atoms with van der Waals surface area (Å²) in [6.07, 6.45) is 4.30. The van der Waals surface area contributed by atoms with Crippen molar-refractivity contribution in [3.8, 4) is 10.6 Å². The number of benzene rings is 1. The standard InChI is InChI=1S/C21H28N4O2S/c1-14-11-16(4-5-18(14)15-6-9-27-10-7-15)20-24-19(13-28-20)25-21(26)23-17-3-2-8-22-12-17/h4-5,11,13,15,17,22H,2-3,6-10,12H2,1H3,(H2,23,25,26)/t17-/m0/s1. The Labute approximate surface area is 170 Å². The van der Waals surface area contributed by atoms with Gasteiger partial charge in [-0.25, -0.2) is 9.78 Å². The average Bonchev–Trinajstić information content (AvgIpc) is 3.17. The Hall–Kier alpha value is -1.96. The summed E-state index contributed by atoms with van der Waals surface area (Å²) in [5, 5.41) is 12.0. The zero-order valence-corrected chi connectivity index (χ0v) is 17.1. The molecule has 0 bridgehead atoms. The second-order valence-corrected chi connectivity index (χ2v) is 8.50. The Balaban J connectivity index is 1.39. The highest BCUT2D eigenvalue weighted by Gasteiger charge is 2.19. The molecule has 3 N–H and O–H groups in total. The van der Waals surface area contributed by atoms with E-state index in [0.29, 0.717) is 11.7 Å². The summed E-state index contributed by atoms with van der Waals surface area (Å²) < 4.78 is 5.48. The van der Waals surface area contributed by atoms with Gasteiger partial charge in [-0.2, -0.15) is 0 Å². The highest BCUT2D eigenvalue weighted by atomic mass is 32.1. The monoisotopic (exact) mass is 400 g/mol. The maximum absolute atomic E-state index is 12.2. The Kier molecular flexibility index (Phi) is 6.24. The second-order valence-electron chi connectivity index (χ2n) is 7.64. The Morgan fingerprint density at radius 1 is 1.29 bits per heavy atom. The Bertz CT molecular complexity index is 810. The lowest BCUT2D eigenvalue weighted by Gasteiger charge is -2.24. The number of anilines is 1. The van der Waals surface area contributed by atoms with Gasteiger partial charge in [-0.05, 0) is 62.3 Å². The van der Waals surface area contributed by atoms with E-state index in [9.17, 15) is 4.79 Å². The lowest BCUT2D eigenvalue weighted by atomic mass is 9.88. The molecule has 4 rings (SSSR count). The van der Waals surface area contributed by atoms with Crippen molar-refractivity contribution in [3.05, 3.63) is 34.7 Å². The summed E-state index contributed by atoms with van der Waals surface area (Å²) in [4.78, 5) is 16.8. The summed E-state index contributed by atoms with van der Waals surface area (Å²) in [5.41, 5.74) is 3.82. The second kappa shape index (κ2) is 9.03. The third-order valence-electron chi connectivity index (χ3n) is 5.56. The van der Waals surface area contributed by atoms with Crippen molar-refractivity contribution < 1.29 is 9.53 Å². The molecule has 6 nitrogen and oxygen atoms in total. The lowest BCUT2D eigenvalue weighted by molar-refractivity contribution is 0.0852. The number of carbonyl (C=O) groups is 1. The van der Waals surface area contributed by atoms with Crippen molar-refractivity contribution in [3.63, 3.8) is 0 Å². The van der Waals surface area contributed by atoms with E-state index in [1.165, 1.54) is 11.1 Å². The molecular formula is C21H28N4O2S. The minimum absolute atomic E-state index is 0.184. The van der Waals surface area contributed by atoms with Gasteiger partial charge >= 0.3 is 6.03 Å². The van der Waals surface area contributed by atoms with E-state index in [1.54, 1.807) is 11.3 Å². The van der Waals surface area contributed by atoms with Gasteiger partial charge in [0, 0.05) is 36.7 Å². The van der Waals surface area contributed by atoms with Gasteiger partial charge in [0.15, 0.2) is 0 Å². The van der Waals surface area contributed by atoms with E-state index in [4.69, 9.17) is 4.74 Å². The molecule has 0 unspecified atom stereocenters. The number of thiazole rings is 1. The summed E-state index contributed by atoms with van der Waals surface area (Å²) in [7, 11) is 0. The predicted octanol–water partition coefficient (Wildman–Crippen LogP) is 3.89. The number of nitrogens with one attached hydrogen (secondary N) is 3. The number of nitrogens with zero attached hydrogens (tertiary/aromatic N) is 1. The molecule has 2 saturated heterocycles. The Morgan fingerprint density at radius 2 is 2.14 bits per heavy atom. The van der Waals surface area contributed by atoms with Gasteiger partial charge in [0.05, 0.1) is 0 Å². The smallest absolute Gasteiger partial charge is 0.320 e. The van der Waals surface area contributed by atoms with Gasteiger partial charge in [-0.15, -0.1) is 11.3 Å². The van der Waals surface area contributed by atoms with Crippen LogP contribution in [-0.2, 0) is 4.74 Å². The van der Waals surface area contributed by atoms with Gasteiger partial charge in [-0.1, -0.05) is 12.1 Å². The molecule has 0 aliphatic carbocycles. The van der Waals surface area contributed by atoms with Crippen molar-refractivity contribution in [1.29, 1.82) is 0 Å². The molecule has 2 aromatic rings. The minimum atomic E-state index is -0.184. The SMILES string of the molecule is Cc1cc(-c2nc(NC(=O)N[C@H]3CCCNC3)cs2)ccc1C1CCOCC1. The highest BCUT2D eigenvalue weighted by molar-refractivity contribution is 7.13. The minimum Gasteiger partial charge on any atom is -0.381 e. The first-order valence-electron chi connectivity index (χ1n) is 10.1. The van der Waals surface area contributed by atoms with E-state index >= 15 is 0 Å². The quantitative estimate of drug-likeness (QED) is 0.728. The van der Waals surface area contributed by atoms with Crippen LogP contribution in [0.25, 0.3) is 10.6 Å². The van der Waals surface area contributed by atoms with Crippen molar-refractivity contribution >= 4 is 23.2 Å². The van der Waals surface area contributed by atoms with Crippen LogP contribution in [0.4, 0.5) is 10.6 Å². The van der Waals surface area contributed by atoms with Crippen LogP contribution in [0.2, 0.25) is 0 Å². The first-order valence-corrected chi connectivity index (χ1v) is 11.0. The van der Waals surface area contributed by atoms with Crippen LogP contribution in [0.3, 0.4) is 0 Å². The predicted molar refractivity (Wildman–Crippen MR) is 113 cm³/mol. The molecule has 28 heavy (non-hydrogen) atoms. The van der Waals surface area contributed by atoms with Crippen LogP contribution >= 0.6 is 11.3 Å². The fourth-order valence-corrected chi connectivity index (χ4v) is 4.80. The Morgan fingerprint density at radius 3 is 2.89 bits per heavy atom. The van der Waals surface area contributed by atoms with Gasteiger partial charge in [0.1, 0.15) is 10.8 Å². The van der Waals surface area contributed by atoms with Gasteiger partial charge in [0.2, 0.25) is 0 Å². The maximum atomic E-state index is 12.2. The molecule has 1 aromatic carbocycles. The first kappa shape index (κ1) is 19.4. The zero-order chi connectivity index (χ0) is 19.3. The third-order valence-corrected chi connectivity index (χ3v) is 6.45. The number of piperidine rings is 1. The van der Waals surface area contributed by atoms with E-state index in [-0.39, 0.29) is 12.1 Å². The topological polar surface area (TPSA) is 75.3 Å². The number of hydrogen-bond donors (Lipinski definition) is 3. The van der Waals surface area contributed by atoms with Crippen molar-refractivity contribution in [2.45, 2.75) is 44.6 Å². The molecule has 0 spiro atoms. The molecule has 2 aliphatic heterocycles. The normalized spacial score (nSPS) is 20.7. The van der Waals surface area contributed by atoms with Crippen LogP contribution in [0.5, 0.6) is 0 Å². The molecule has 2 amide bonds. The molecule has 0 saturated carbocycles. The summed E-state index contributed by atoms with van der Waals surface area (Å²) >= 11 is 1.55. The van der Waals surface area contributed by atoms with Crippen molar-refractivity contribution in [2.75, 3.05) is 31.6 Å². The van der Waals surface area contributed by atoms with Gasteiger partial charge in [0.25, 0.3) is 0 Å². The van der Waals surface area contributed by atoms with Crippen LogP contribution in [0, 0.1) is 6.92 Å². The summed E-state index contributed by atoms with van der Waals surface area (Å²) in [5.74, 6) is 1.20. The van der Waals surface area contributed by atoms with E-state index in [2.05, 4.69) is 46.1 Å². The van der Waals surface area contributed by atoms with E-state index < -0.39 is 0 Å². The molecule has 150 valence electrons. The zero-order valence-electron chi connectivity index (χ0n) is 16.3. The fourth-order valence-electron chi connectivity index (χ4n) is 4.05. The average molecular weight is 401 g/mol. The number of amides is 2. The highest BCUT2D eigenvalue weighted by Crippen LogP contribution is 2.33. The maximum Gasteiger partial charge on any atom is 0.320 e. The lowest BCUT2D eigenvalue weighted by Crippen LogP contribution is -2.47. The number of aryl methyl sites for hydroxylation is 1. The summed E-state index contributed by atoms with van der Waals surface area (Å²) in [6, 6.07) is 6.59. The first-order chi connectivity index (χ1) is 13.7. The molecule has 0 radical (unpaired) electrons. The molecule has 2 aliphatic rings. The number of hydrogen-bond acceptors (Lipinski definition) is 5. The van der Waals surface area contributed by atoms with Gasteiger partial charge < -0.3 is 15.4 Å². The fraction of sp³-hybridized carbons (Fsp3) is 0.524. The number of urea groups is 1. The molecule has 3 heterocycles. The molecular weight excluding hydrogens is 372 g/mol. The van der Waals surface area contributed by atoms with Crippen LogP contribution in [0.1, 0.15) is 42.7 Å². The molecule has 7 heteroatoms. The van der Waals surface area contributed by atoms with E-state index in [1.807, 2.05) is 5.38 Å². The number of aromatic nitrogens is 1. The molecule has 2 fully saturated rings. The summed E-state index contributed by atoms with van der Waals surface area (Å²) in [6.45, 7) is 5.74. The van der Waals surface area contributed by atoms with Crippen molar-refractivity contribution in [1.82, 2.24) is 15.6 Å².